The molecule has 0 unspecified atom stereocenters. The van der Waals surface area contributed by atoms with Gasteiger partial charge in [-0.25, -0.2) is 0 Å². The van der Waals surface area contributed by atoms with Crippen LogP contribution in [0.3, 0.4) is 0 Å². The fraction of sp³-hybridized carbons (Fsp3) is 0.182. The third-order valence-corrected chi connectivity index (χ3v) is 4.68. The molecule has 11 heteroatoms. The van der Waals surface area contributed by atoms with E-state index in [2.05, 4.69) is 20.6 Å². The van der Waals surface area contributed by atoms with Gasteiger partial charge in [0.25, 0.3) is 5.91 Å². The molecule has 2 aromatic heterocycles. The van der Waals surface area contributed by atoms with Crippen LogP contribution in [-0.4, -0.2) is 46.0 Å². The molecular formula is C22H18F3N5O3. The maximum absolute atomic E-state index is 13.1. The van der Waals surface area contributed by atoms with E-state index in [1.54, 1.807) is 31.4 Å². The molecule has 33 heavy (non-hydrogen) atoms. The molecule has 0 atom stereocenters. The summed E-state index contributed by atoms with van der Waals surface area (Å²) in [7, 11) is 1.56. The molecule has 0 aliphatic rings. The highest BCUT2D eigenvalue weighted by atomic mass is 19.4. The van der Waals surface area contributed by atoms with E-state index in [9.17, 15) is 18.0 Å². The number of carbonyl (C=O) groups is 1. The topological polar surface area (TPSA) is 90.6 Å². The molecule has 0 aliphatic carbocycles. The van der Waals surface area contributed by atoms with E-state index >= 15 is 0 Å². The molecule has 8 nitrogen and oxygen atoms in total. The Morgan fingerprint density at radius 2 is 1.88 bits per heavy atom. The van der Waals surface area contributed by atoms with Crippen molar-refractivity contribution in [3.05, 3.63) is 71.8 Å². The SMILES string of the molecule is COc1cccc(-c2nnc3ccc(OCCNC(=O)c4ccccc4C(F)(F)F)nn23)c1. The number of hydrogen-bond donors (Lipinski definition) is 1. The number of nitrogens with one attached hydrogen (secondary N) is 1. The number of halogens is 3. The number of methoxy groups -OCH3 is 1. The maximum atomic E-state index is 13.1. The number of benzene rings is 2. The largest absolute Gasteiger partial charge is 0.497 e. The molecule has 4 aromatic rings. The molecule has 0 radical (unpaired) electrons. The Labute approximate surface area is 186 Å². The van der Waals surface area contributed by atoms with Crippen LogP contribution in [0, 0.1) is 0 Å². The average molecular weight is 457 g/mol. The molecule has 4 rings (SSSR count). The van der Waals surface area contributed by atoms with E-state index < -0.39 is 23.2 Å². The molecule has 0 saturated heterocycles. The fourth-order valence-electron chi connectivity index (χ4n) is 3.13. The van der Waals surface area contributed by atoms with Crippen LogP contribution in [-0.2, 0) is 6.18 Å². The molecule has 0 spiro atoms. The zero-order valence-corrected chi connectivity index (χ0v) is 17.3. The second-order valence-electron chi connectivity index (χ2n) is 6.84. The van der Waals surface area contributed by atoms with E-state index in [1.165, 1.54) is 16.6 Å². The van der Waals surface area contributed by atoms with Crippen LogP contribution in [0.2, 0.25) is 0 Å². The third kappa shape index (κ3) is 4.86. The minimum absolute atomic E-state index is 0.00491. The van der Waals surface area contributed by atoms with Crippen molar-refractivity contribution in [3.63, 3.8) is 0 Å². The predicted octanol–water partition coefficient (Wildman–Crippen LogP) is 3.63. The quantitative estimate of drug-likeness (QED) is 0.427. The van der Waals surface area contributed by atoms with Crippen molar-refractivity contribution in [1.82, 2.24) is 25.1 Å². The highest BCUT2D eigenvalue weighted by molar-refractivity contribution is 5.95. The van der Waals surface area contributed by atoms with Gasteiger partial charge in [-0.1, -0.05) is 24.3 Å². The van der Waals surface area contributed by atoms with Gasteiger partial charge in [-0.05, 0) is 30.3 Å². The molecule has 1 N–H and O–H groups in total. The summed E-state index contributed by atoms with van der Waals surface area (Å²) >= 11 is 0. The minimum atomic E-state index is -4.62. The van der Waals surface area contributed by atoms with Gasteiger partial charge < -0.3 is 14.8 Å². The van der Waals surface area contributed by atoms with Gasteiger partial charge in [-0.15, -0.1) is 15.3 Å². The number of rotatable bonds is 7. The first kappa shape index (κ1) is 22.1. The van der Waals surface area contributed by atoms with Crippen LogP contribution in [0.1, 0.15) is 15.9 Å². The van der Waals surface area contributed by atoms with Gasteiger partial charge in [0.2, 0.25) is 5.88 Å². The molecule has 0 aliphatic heterocycles. The van der Waals surface area contributed by atoms with Gasteiger partial charge in [-0.3, -0.25) is 4.79 Å². The summed E-state index contributed by atoms with van der Waals surface area (Å²) < 4.78 is 51.5. The molecule has 0 saturated carbocycles. The predicted molar refractivity (Wildman–Crippen MR) is 112 cm³/mol. The first-order valence-electron chi connectivity index (χ1n) is 9.81. The lowest BCUT2D eigenvalue weighted by Gasteiger charge is -2.12. The average Bonchev–Trinajstić information content (AvgIpc) is 3.24. The normalized spacial score (nSPS) is 11.4. The van der Waals surface area contributed by atoms with E-state index in [1.807, 2.05) is 12.1 Å². The number of carbonyl (C=O) groups excluding carboxylic acids is 1. The second kappa shape index (κ2) is 9.15. The zero-order chi connectivity index (χ0) is 23.4. The van der Waals surface area contributed by atoms with Gasteiger partial charge in [0, 0.05) is 11.6 Å². The summed E-state index contributed by atoms with van der Waals surface area (Å²) in [5.41, 5.74) is -0.204. The summed E-state index contributed by atoms with van der Waals surface area (Å²) in [5, 5.41) is 15.0. The molecule has 170 valence electrons. The van der Waals surface area contributed by atoms with E-state index in [4.69, 9.17) is 9.47 Å². The Morgan fingerprint density at radius 3 is 2.67 bits per heavy atom. The van der Waals surface area contributed by atoms with Crippen molar-refractivity contribution < 1.29 is 27.4 Å². The molecule has 2 aromatic carbocycles. The number of fused-ring (bicyclic) bond motifs is 1. The number of amides is 1. The van der Waals surface area contributed by atoms with Gasteiger partial charge in [0.1, 0.15) is 12.4 Å². The highest BCUT2D eigenvalue weighted by Gasteiger charge is 2.34. The second-order valence-corrected chi connectivity index (χ2v) is 6.84. The van der Waals surface area contributed by atoms with E-state index in [0.717, 1.165) is 17.7 Å². The summed E-state index contributed by atoms with van der Waals surface area (Å²) in [5.74, 6) is 0.524. The van der Waals surface area contributed by atoms with Crippen LogP contribution in [0.5, 0.6) is 11.6 Å². The van der Waals surface area contributed by atoms with Crippen LogP contribution in [0.25, 0.3) is 17.0 Å². The third-order valence-electron chi connectivity index (χ3n) is 4.68. The molecule has 0 bridgehead atoms. The lowest BCUT2D eigenvalue weighted by molar-refractivity contribution is -0.137. The molecule has 2 heterocycles. The fourth-order valence-corrected chi connectivity index (χ4v) is 3.13. The zero-order valence-electron chi connectivity index (χ0n) is 17.3. The van der Waals surface area contributed by atoms with E-state index in [0.29, 0.717) is 17.2 Å². The van der Waals surface area contributed by atoms with E-state index in [-0.39, 0.29) is 19.0 Å². The van der Waals surface area contributed by atoms with Crippen molar-refractivity contribution in [3.8, 4) is 23.0 Å². The summed E-state index contributed by atoms with van der Waals surface area (Å²) in [6, 6.07) is 15.1. The number of ether oxygens (including phenoxy) is 2. The van der Waals surface area contributed by atoms with Crippen LogP contribution in [0.4, 0.5) is 13.2 Å². The van der Waals surface area contributed by atoms with Gasteiger partial charge in [0.15, 0.2) is 11.5 Å². The van der Waals surface area contributed by atoms with Gasteiger partial charge in [0.05, 0.1) is 24.8 Å². The smallest absolute Gasteiger partial charge is 0.417 e. The number of aromatic nitrogens is 4. The Morgan fingerprint density at radius 1 is 1.06 bits per heavy atom. The van der Waals surface area contributed by atoms with Crippen molar-refractivity contribution in [1.29, 1.82) is 0 Å². The summed E-state index contributed by atoms with van der Waals surface area (Å²) in [6.45, 7) is -0.0231. The Balaban J connectivity index is 1.42. The van der Waals surface area contributed by atoms with Crippen molar-refractivity contribution >= 4 is 11.6 Å². The monoisotopic (exact) mass is 457 g/mol. The maximum Gasteiger partial charge on any atom is 0.417 e. The summed E-state index contributed by atoms with van der Waals surface area (Å²) in [6.07, 6.45) is -4.62. The standard InChI is InChI=1S/C22H18F3N5O3/c1-32-15-6-4-5-14(13-15)20-28-27-18-9-10-19(29-30(18)20)33-12-11-26-21(31)16-7-2-3-8-17(16)22(23,24)25/h2-10,13H,11-12H2,1H3,(H,26,31). The Kier molecular flexibility index (Phi) is 6.11. The lowest BCUT2D eigenvalue weighted by atomic mass is 10.1. The highest BCUT2D eigenvalue weighted by Crippen LogP contribution is 2.31. The number of hydrogen-bond acceptors (Lipinski definition) is 6. The lowest BCUT2D eigenvalue weighted by Crippen LogP contribution is -2.30. The number of nitrogens with zero attached hydrogens (tertiary/aromatic N) is 4. The van der Waals surface area contributed by atoms with Crippen molar-refractivity contribution in [2.45, 2.75) is 6.18 Å². The van der Waals surface area contributed by atoms with Crippen molar-refractivity contribution in [2.75, 3.05) is 20.3 Å². The van der Waals surface area contributed by atoms with Crippen LogP contribution in [0.15, 0.2) is 60.7 Å². The summed E-state index contributed by atoms with van der Waals surface area (Å²) in [4.78, 5) is 12.2. The Bertz CT molecular complexity index is 1290. The molecular weight excluding hydrogens is 439 g/mol. The van der Waals surface area contributed by atoms with Gasteiger partial charge >= 0.3 is 6.18 Å². The van der Waals surface area contributed by atoms with Crippen LogP contribution >= 0.6 is 0 Å². The number of alkyl halides is 3. The molecule has 1 amide bonds. The Hall–Kier alpha value is -4.15. The van der Waals surface area contributed by atoms with Crippen molar-refractivity contribution in [2.24, 2.45) is 0 Å². The minimum Gasteiger partial charge on any atom is -0.497 e. The van der Waals surface area contributed by atoms with Crippen LogP contribution < -0.4 is 14.8 Å². The van der Waals surface area contributed by atoms with Gasteiger partial charge in [-0.2, -0.15) is 17.7 Å². The first-order valence-corrected chi connectivity index (χ1v) is 9.81. The molecule has 0 fully saturated rings. The first-order chi connectivity index (χ1) is 15.9.